The number of rotatable bonds is 6. The fourth-order valence-electron chi connectivity index (χ4n) is 1.92. The van der Waals surface area contributed by atoms with Crippen LogP contribution in [0, 0.1) is 12.3 Å². The molecule has 4 nitrogen and oxygen atoms in total. The quantitative estimate of drug-likeness (QED) is 0.690. The van der Waals surface area contributed by atoms with Gasteiger partial charge in [0.25, 0.3) is 0 Å². The van der Waals surface area contributed by atoms with Crippen LogP contribution in [0.4, 0.5) is 0 Å². The molecule has 0 radical (unpaired) electrons. The first-order valence-corrected chi connectivity index (χ1v) is 6.31. The number of piperidine rings is 1. The molecule has 0 spiro atoms. The lowest BCUT2D eigenvalue weighted by atomic mass is 10.1. The molecule has 0 atom stereocenters. The summed E-state index contributed by atoms with van der Waals surface area (Å²) in [4.78, 5) is 13.4. The highest BCUT2D eigenvalue weighted by Crippen LogP contribution is 2.07. The lowest BCUT2D eigenvalue weighted by Crippen LogP contribution is -2.34. The number of carbonyl (C=O) groups excluding carboxylic acids is 1. The Morgan fingerprint density at radius 1 is 1.53 bits per heavy atom. The van der Waals surface area contributed by atoms with Gasteiger partial charge in [-0.2, -0.15) is 0 Å². The summed E-state index contributed by atoms with van der Waals surface area (Å²) in [5, 5.41) is 3.28. The van der Waals surface area contributed by atoms with Gasteiger partial charge in [0.05, 0.1) is 25.7 Å². The van der Waals surface area contributed by atoms with E-state index in [1.807, 2.05) is 6.92 Å². The normalized spacial score (nSPS) is 16.5. The highest BCUT2D eigenvalue weighted by Gasteiger charge is 2.15. The van der Waals surface area contributed by atoms with Crippen LogP contribution in [0.2, 0.25) is 0 Å². The second kappa shape index (κ2) is 8.10. The lowest BCUT2D eigenvalue weighted by molar-refractivity contribution is -0.132. The third-order valence-corrected chi connectivity index (χ3v) is 2.97. The standard InChI is InChI=1S/C13H22N2O2/c1-3-10-15(4-2)13(16)7-11-17-12-5-8-14-9-6-12/h1,12,14H,4-11H2,2H3. The summed E-state index contributed by atoms with van der Waals surface area (Å²) >= 11 is 0. The molecule has 0 aromatic rings. The molecule has 1 saturated heterocycles. The van der Waals surface area contributed by atoms with Crippen molar-refractivity contribution in [3.05, 3.63) is 0 Å². The maximum absolute atomic E-state index is 11.7. The van der Waals surface area contributed by atoms with Gasteiger partial charge in [-0.1, -0.05) is 5.92 Å². The summed E-state index contributed by atoms with van der Waals surface area (Å²) in [6.07, 6.45) is 8.02. The van der Waals surface area contributed by atoms with Crippen molar-refractivity contribution in [1.82, 2.24) is 10.2 Å². The first-order chi connectivity index (χ1) is 8.27. The number of carbonyl (C=O) groups is 1. The van der Waals surface area contributed by atoms with Gasteiger partial charge >= 0.3 is 0 Å². The molecule has 17 heavy (non-hydrogen) atoms. The van der Waals surface area contributed by atoms with Crippen LogP contribution < -0.4 is 5.32 Å². The van der Waals surface area contributed by atoms with Crippen molar-refractivity contribution in [3.8, 4) is 12.3 Å². The van der Waals surface area contributed by atoms with Crippen LogP contribution in [-0.4, -0.2) is 49.7 Å². The fraction of sp³-hybridized carbons (Fsp3) is 0.769. The van der Waals surface area contributed by atoms with Crippen molar-refractivity contribution in [1.29, 1.82) is 0 Å². The van der Waals surface area contributed by atoms with Crippen LogP contribution >= 0.6 is 0 Å². The van der Waals surface area contributed by atoms with E-state index in [0.717, 1.165) is 25.9 Å². The predicted molar refractivity (Wildman–Crippen MR) is 67.5 cm³/mol. The van der Waals surface area contributed by atoms with Crippen molar-refractivity contribution in [2.24, 2.45) is 0 Å². The lowest BCUT2D eigenvalue weighted by Gasteiger charge is -2.23. The summed E-state index contributed by atoms with van der Waals surface area (Å²) in [6, 6.07) is 0. The van der Waals surface area contributed by atoms with Gasteiger partial charge in [0.1, 0.15) is 0 Å². The number of amides is 1. The van der Waals surface area contributed by atoms with Crippen molar-refractivity contribution in [2.75, 3.05) is 32.8 Å². The third kappa shape index (κ3) is 5.20. The molecule has 0 bridgehead atoms. The molecule has 0 aliphatic carbocycles. The Bertz CT molecular complexity index is 267. The highest BCUT2D eigenvalue weighted by atomic mass is 16.5. The van der Waals surface area contributed by atoms with Gasteiger partial charge in [0.15, 0.2) is 0 Å². The molecular formula is C13H22N2O2. The van der Waals surface area contributed by atoms with Crippen LogP contribution in [0.15, 0.2) is 0 Å². The van der Waals surface area contributed by atoms with Crippen LogP contribution in [0.5, 0.6) is 0 Å². The molecular weight excluding hydrogens is 216 g/mol. The SMILES string of the molecule is C#CCN(CC)C(=O)CCOC1CCNCC1. The number of terminal acetylenes is 1. The summed E-state index contributed by atoms with van der Waals surface area (Å²) in [5.41, 5.74) is 0. The van der Waals surface area contributed by atoms with Crippen molar-refractivity contribution in [3.63, 3.8) is 0 Å². The minimum absolute atomic E-state index is 0.0828. The zero-order valence-corrected chi connectivity index (χ0v) is 10.6. The Kier molecular flexibility index (Phi) is 6.68. The maximum Gasteiger partial charge on any atom is 0.225 e. The minimum atomic E-state index is 0.0828. The van der Waals surface area contributed by atoms with Gasteiger partial charge in [0, 0.05) is 6.54 Å². The number of hydrogen-bond acceptors (Lipinski definition) is 3. The molecule has 1 heterocycles. The first kappa shape index (κ1) is 14.0. The third-order valence-electron chi connectivity index (χ3n) is 2.97. The molecule has 1 amide bonds. The second-order valence-electron chi connectivity index (χ2n) is 4.18. The van der Waals surface area contributed by atoms with Crippen molar-refractivity contribution >= 4 is 5.91 Å². The minimum Gasteiger partial charge on any atom is -0.378 e. The molecule has 96 valence electrons. The zero-order chi connectivity index (χ0) is 12.5. The largest absolute Gasteiger partial charge is 0.378 e. The predicted octanol–water partition coefficient (Wildman–Crippen LogP) is 0.627. The highest BCUT2D eigenvalue weighted by molar-refractivity contribution is 5.76. The van der Waals surface area contributed by atoms with Crippen LogP contribution in [0.3, 0.4) is 0 Å². The number of ether oxygens (including phenoxy) is 1. The first-order valence-electron chi connectivity index (χ1n) is 6.31. The molecule has 1 rings (SSSR count). The van der Waals surface area contributed by atoms with E-state index in [1.165, 1.54) is 0 Å². The van der Waals surface area contributed by atoms with Gasteiger partial charge in [-0.3, -0.25) is 4.79 Å². The Balaban J connectivity index is 2.16. The molecule has 0 aromatic carbocycles. The maximum atomic E-state index is 11.7. The molecule has 1 fully saturated rings. The Morgan fingerprint density at radius 3 is 2.82 bits per heavy atom. The fourth-order valence-corrected chi connectivity index (χ4v) is 1.92. The summed E-state index contributed by atoms with van der Waals surface area (Å²) < 4.78 is 5.69. The molecule has 1 aliphatic heterocycles. The van der Waals surface area contributed by atoms with E-state index in [-0.39, 0.29) is 5.91 Å². The Labute approximate surface area is 104 Å². The molecule has 0 unspecified atom stereocenters. The molecule has 0 aromatic heterocycles. The summed E-state index contributed by atoms with van der Waals surface area (Å²) in [7, 11) is 0. The topological polar surface area (TPSA) is 41.6 Å². The van der Waals surface area contributed by atoms with Crippen molar-refractivity contribution in [2.45, 2.75) is 32.3 Å². The Hall–Kier alpha value is -1.05. The van der Waals surface area contributed by atoms with Gasteiger partial charge in [-0.25, -0.2) is 0 Å². The van der Waals surface area contributed by atoms with E-state index in [4.69, 9.17) is 11.2 Å². The average Bonchev–Trinajstić information content (AvgIpc) is 2.37. The van der Waals surface area contributed by atoms with Crippen LogP contribution in [0.25, 0.3) is 0 Å². The molecule has 1 aliphatic rings. The molecule has 1 N–H and O–H groups in total. The van der Waals surface area contributed by atoms with Crippen LogP contribution in [-0.2, 0) is 9.53 Å². The number of nitrogens with one attached hydrogen (secondary N) is 1. The molecule has 4 heteroatoms. The second-order valence-corrected chi connectivity index (χ2v) is 4.18. The molecule has 0 saturated carbocycles. The van der Waals surface area contributed by atoms with Gasteiger partial charge in [0.2, 0.25) is 5.91 Å². The monoisotopic (exact) mass is 238 g/mol. The van der Waals surface area contributed by atoms with E-state index < -0.39 is 0 Å². The summed E-state index contributed by atoms with van der Waals surface area (Å²) in [6.45, 7) is 5.51. The van der Waals surface area contributed by atoms with Crippen molar-refractivity contribution < 1.29 is 9.53 Å². The van der Waals surface area contributed by atoms with E-state index in [1.54, 1.807) is 4.90 Å². The Morgan fingerprint density at radius 2 is 2.24 bits per heavy atom. The number of hydrogen-bond donors (Lipinski definition) is 1. The van der Waals surface area contributed by atoms with Crippen LogP contribution in [0.1, 0.15) is 26.2 Å². The summed E-state index contributed by atoms with van der Waals surface area (Å²) in [5.74, 6) is 2.58. The van der Waals surface area contributed by atoms with E-state index in [9.17, 15) is 4.79 Å². The van der Waals surface area contributed by atoms with E-state index in [2.05, 4.69) is 11.2 Å². The van der Waals surface area contributed by atoms with E-state index in [0.29, 0.717) is 32.2 Å². The zero-order valence-electron chi connectivity index (χ0n) is 10.6. The van der Waals surface area contributed by atoms with Gasteiger partial charge in [-0.05, 0) is 32.9 Å². The van der Waals surface area contributed by atoms with E-state index >= 15 is 0 Å². The average molecular weight is 238 g/mol. The smallest absolute Gasteiger partial charge is 0.225 e. The number of nitrogens with zero attached hydrogens (tertiary/aromatic N) is 1. The van der Waals surface area contributed by atoms with Gasteiger partial charge < -0.3 is 15.0 Å². The van der Waals surface area contributed by atoms with Gasteiger partial charge in [-0.15, -0.1) is 6.42 Å².